The summed E-state index contributed by atoms with van der Waals surface area (Å²) < 4.78 is 2.44. The van der Waals surface area contributed by atoms with E-state index in [1.165, 1.54) is 44.2 Å². The molecular formula is C15H27N3. The Hall–Kier alpha value is -0.830. The summed E-state index contributed by atoms with van der Waals surface area (Å²) in [6, 6.07) is 0.685. The average molecular weight is 249 g/mol. The molecule has 0 amide bonds. The molecule has 0 aliphatic heterocycles. The van der Waals surface area contributed by atoms with E-state index in [1.807, 2.05) is 12.5 Å². The molecule has 0 saturated heterocycles. The van der Waals surface area contributed by atoms with Crippen LogP contribution in [-0.2, 0) is 6.54 Å². The highest BCUT2D eigenvalue weighted by atomic mass is 15.1. The molecular weight excluding hydrogens is 222 g/mol. The first-order valence-corrected chi connectivity index (χ1v) is 7.58. The van der Waals surface area contributed by atoms with E-state index in [-0.39, 0.29) is 0 Å². The van der Waals surface area contributed by atoms with Gasteiger partial charge in [-0.1, -0.05) is 33.1 Å². The summed E-state index contributed by atoms with van der Waals surface area (Å²) in [5.41, 5.74) is 1.36. The predicted octanol–water partition coefficient (Wildman–Crippen LogP) is 3.52. The number of imidazole rings is 1. The van der Waals surface area contributed by atoms with Gasteiger partial charge in [0.15, 0.2) is 0 Å². The van der Waals surface area contributed by atoms with Crippen LogP contribution in [0.3, 0.4) is 0 Å². The Morgan fingerprint density at radius 1 is 1.33 bits per heavy atom. The summed E-state index contributed by atoms with van der Waals surface area (Å²) in [5, 5.41) is 3.49. The molecule has 3 nitrogen and oxygen atoms in total. The van der Waals surface area contributed by atoms with Crippen LogP contribution in [0.4, 0.5) is 0 Å². The van der Waals surface area contributed by atoms with Gasteiger partial charge in [0.25, 0.3) is 0 Å². The molecule has 102 valence electrons. The highest BCUT2D eigenvalue weighted by Gasteiger charge is 2.26. The molecule has 0 spiro atoms. The van der Waals surface area contributed by atoms with E-state index in [1.54, 1.807) is 0 Å². The van der Waals surface area contributed by atoms with Crippen LogP contribution in [-0.4, -0.2) is 16.1 Å². The lowest BCUT2D eigenvalue weighted by Crippen LogP contribution is -2.25. The Morgan fingerprint density at radius 3 is 2.94 bits per heavy atom. The molecule has 0 bridgehead atoms. The summed E-state index contributed by atoms with van der Waals surface area (Å²) in [5.74, 6) is 0.845. The van der Waals surface area contributed by atoms with Crippen LogP contribution in [0.5, 0.6) is 0 Å². The maximum atomic E-state index is 4.37. The van der Waals surface area contributed by atoms with Gasteiger partial charge in [-0.05, 0) is 31.7 Å². The van der Waals surface area contributed by atoms with Crippen molar-refractivity contribution in [2.24, 2.45) is 5.92 Å². The Labute approximate surface area is 111 Å². The van der Waals surface area contributed by atoms with E-state index in [2.05, 4.69) is 28.7 Å². The third kappa shape index (κ3) is 3.14. The van der Waals surface area contributed by atoms with Crippen molar-refractivity contribution in [2.75, 3.05) is 6.54 Å². The molecule has 2 rings (SSSR count). The summed E-state index contributed by atoms with van der Waals surface area (Å²) in [6.07, 6.45) is 12.1. The second kappa shape index (κ2) is 6.93. The molecule has 1 heterocycles. The lowest BCUT2D eigenvalue weighted by molar-refractivity contribution is 0.228. The fourth-order valence-corrected chi connectivity index (χ4v) is 3.19. The Kier molecular flexibility index (Phi) is 5.24. The number of hydrogen-bond acceptors (Lipinski definition) is 2. The van der Waals surface area contributed by atoms with Gasteiger partial charge in [0, 0.05) is 18.8 Å². The maximum absolute atomic E-state index is 4.37. The number of rotatable bonds is 6. The smallest absolute Gasteiger partial charge is 0.0951 e. The average Bonchev–Trinajstić information content (AvgIpc) is 2.87. The van der Waals surface area contributed by atoms with Gasteiger partial charge < -0.3 is 9.88 Å². The van der Waals surface area contributed by atoms with E-state index in [0.29, 0.717) is 6.04 Å². The van der Waals surface area contributed by atoms with E-state index >= 15 is 0 Å². The van der Waals surface area contributed by atoms with E-state index in [9.17, 15) is 0 Å². The lowest BCUT2D eigenvalue weighted by atomic mass is 9.82. The van der Waals surface area contributed by atoms with Crippen LogP contribution < -0.4 is 5.32 Å². The van der Waals surface area contributed by atoms with Crippen LogP contribution in [0.1, 0.15) is 64.1 Å². The van der Waals surface area contributed by atoms with Crippen molar-refractivity contribution in [1.29, 1.82) is 0 Å². The van der Waals surface area contributed by atoms with Gasteiger partial charge >= 0.3 is 0 Å². The normalized spacial score (nSPS) is 24.3. The molecule has 0 aromatic carbocycles. The summed E-state index contributed by atoms with van der Waals surface area (Å²) in [4.78, 5) is 4.37. The lowest BCUT2D eigenvalue weighted by Gasteiger charge is -2.33. The number of nitrogens with one attached hydrogen (secondary N) is 1. The molecule has 2 unspecified atom stereocenters. The molecule has 2 atom stereocenters. The molecule has 1 aliphatic rings. The van der Waals surface area contributed by atoms with Gasteiger partial charge in [-0.25, -0.2) is 4.98 Å². The van der Waals surface area contributed by atoms with Crippen LogP contribution in [0.15, 0.2) is 12.5 Å². The highest BCUT2D eigenvalue weighted by molar-refractivity contribution is 5.01. The van der Waals surface area contributed by atoms with Crippen LogP contribution >= 0.6 is 0 Å². The Balaban J connectivity index is 2.04. The van der Waals surface area contributed by atoms with Crippen molar-refractivity contribution in [2.45, 2.75) is 65.0 Å². The first-order chi connectivity index (χ1) is 8.86. The fraction of sp³-hybridized carbons (Fsp3) is 0.800. The van der Waals surface area contributed by atoms with Crippen molar-refractivity contribution in [3.63, 3.8) is 0 Å². The van der Waals surface area contributed by atoms with Crippen molar-refractivity contribution in [3.05, 3.63) is 18.2 Å². The minimum absolute atomic E-state index is 0.685. The van der Waals surface area contributed by atoms with E-state index < -0.39 is 0 Å². The Bertz CT molecular complexity index is 345. The molecule has 1 aliphatic carbocycles. The number of hydrogen-bond donors (Lipinski definition) is 1. The van der Waals surface area contributed by atoms with Crippen molar-refractivity contribution >= 4 is 0 Å². The van der Waals surface area contributed by atoms with E-state index in [0.717, 1.165) is 19.0 Å². The van der Waals surface area contributed by atoms with Gasteiger partial charge in [0.2, 0.25) is 0 Å². The Morgan fingerprint density at radius 2 is 2.17 bits per heavy atom. The van der Waals surface area contributed by atoms with Crippen LogP contribution in [0, 0.1) is 5.92 Å². The summed E-state index contributed by atoms with van der Waals surface area (Å²) in [6.45, 7) is 6.58. The fourth-order valence-electron chi connectivity index (χ4n) is 3.19. The van der Waals surface area contributed by atoms with Gasteiger partial charge in [-0.2, -0.15) is 0 Å². The van der Waals surface area contributed by atoms with Gasteiger partial charge in [-0.15, -0.1) is 0 Å². The molecule has 1 saturated carbocycles. The zero-order chi connectivity index (χ0) is 12.8. The monoisotopic (exact) mass is 249 g/mol. The third-order valence-corrected chi connectivity index (χ3v) is 4.23. The summed E-state index contributed by atoms with van der Waals surface area (Å²) >= 11 is 0. The highest BCUT2D eigenvalue weighted by Crippen LogP contribution is 2.36. The third-order valence-electron chi connectivity index (χ3n) is 4.23. The zero-order valence-corrected chi connectivity index (χ0v) is 11.9. The van der Waals surface area contributed by atoms with Gasteiger partial charge in [0.05, 0.1) is 12.0 Å². The molecule has 3 heteroatoms. The number of aromatic nitrogens is 2. The minimum Gasteiger partial charge on any atom is -0.330 e. The number of nitrogens with zero attached hydrogens (tertiary/aromatic N) is 2. The van der Waals surface area contributed by atoms with Gasteiger partial charge in [-0.3, -0.25) is 0 Å². The largest absolute Gasteiger partial charge is 0.330 e. The zero-order valence-electron chi connectivity index (χ0n) is 11.9. The molecule has 0 radical (unpaired) electrons. The van der Waals surface area contributed by atoms with Crippen molar-refractivity contribution in [1.82, 2.24) is 14.9 Å². The van der Waals surface area contributed by atoms with Crippen molar-refractivity contribution in [3.8, 4) is 0 Å². The molecule has 1 aromatic rings. The van der Waals surface area contributed by atoms with Crippen LogP contribution in [0.25, 0.3) is 0 Å². The standard InChI is InChI=1S/C15H27N3/c1-3-9-16-10-14-11-17-12-18(14)15-8-6-5-7-13(15)4-2/h11-13,15-16H,3-10H2,1-2H3. The van der Waals surface area contributed by atoms with Crippen molar-refractivity contribution < 1.29 is 0 Å². The molecule has 1 aromatic heterocycles. The van der Waals surface area contributed by atoms with E-state index in [4.69, 9.17) is 0 Å². The first-order valence-electron chi connectivity index (χ1n) is 7.58. The van der Waals surface area contributed by atoms with Gasteiger partial charge in [0.1, 0.15) is 0 Å². The second-order valence-corrected chi connectivity index (χ2v) is 5.49. The molecule has 18 heavy (non-hydrogen) atoms. The second-order valence-electron chi connectivity index (χ2n) is 5.49. The quantitative estimate of drug-likeness (QED) is 0.782. The predicted molar refractivity (Wildman–Crippen MR) is 75.5 cm³/mol. The molecule has 1 fully saturated rings. The molecule has 1 N–H and O–H groups in total. The topological polar surface area (TPSA) is 29.9 Å². The first kappa shape index (κ1) is 13.6. The summed E-state index contributed by atoms with van der Waals surface area (Å²) in [7, 11) is 0. The maximum Gasteiger partial charge on any atom is 0.0951 e. The minimum atomic E-state index is 0.685. The van der Waals surface area contributed by atoms with Crippen LogP contribution in [0.2, 0.25) is 0 Å². The SMILES string of the molecule is CCCNCc1cncn1C1CCCCC1CC.